The molecule has 0 aromatic heterocycles. The number of carbonyl (C=O) groups excluding carboxylic acids is 2. The van der Waals surface area contributed by atoms with Gasteiger partial charge in [0.15, 0.2) is 18.7 Å². The van der Waals surface area contributed by atoms with Gasteiger partial charge in [0, 0.05) is 12.8 Å². The van der Waals surface area contributed by atoms with E-state index < -0.39 is 99.3 Å². The lowest BCUT2D eigenvalue weighted by Crippen LogP contribution is -2.61. The summed E-state index contributed by atoms with van der Waals surface area (Å²) in [4.78, 5) is 25.6. The van der Waals surface area contributed by atoms with Crippen LogP contribution in [0.1, 0.15) is 136 Å². The fourth-order valence-corrected chi connectivity index (χ4v) is 7.01. The van der Waals surface area contributed by atoms with Crippen LogP contribution >= 0.6 is 0 Å². The predicted octanol–water partition coefficient (Wildman–Crippen LogP) is 5.87. The molecule has 0 aliphatic carbocycles. The molecule has 0 aromatic carbocycles. The number of allylic oxidation sites excluding steroid dienone is 12. The standard InChI is InChI=1S/C50H82O15/c1-3-5-7-9-11-13-15-16-17-18-19-20-21-22-23-25-27-29-31-33-42(53)63-38(35-60-41(52)32-30-28-26-24-14-12-10-8-6-4-2)36-61-49-48(59)46(57)44(55)40(65-49)37-62-50-47(58)45(56)43(54)39(34-51)64-50/h5,7,11,13,16-17,19-20,22-23,27,29,38-40,43-51,54-59H,3-4,6,8-10,12,14-15,18,21,24-26,28,30-37H2,1-2H3/b7-5+,13-11+,17-16+,20-19+,23-22+,29-27+/t38-,39+,40+,43-,44-,45?,46?,47?,48?,49+,50+/m1/s1. The van der Waals surface area contributed by atoms with Gasteiger partial charge in [-0.3, -0.25) is 9.59 Å². The van der Waals surface area contributed by atoms with Crippen molar-refractivity contribution in [3.8, 4) is 0 Å². The number of rotatable bonds is 35. The van der Waals surface area contributed by atoms with Crippen LogP contribution in [0.3, 0.4) is 0 Å². The highest BCUT2D eigenvalue weighted by Crippen LogP contribution is 2.26. The Balaban J connectivity index is 1.87. The first-order valence-corrected chi connectivity index (χ1v) is 24.0. The van der Waals surface area contributed by atoms with Crippen molar-refractivity contribution >= 4 is 11.9 Å². The van der Waals surface area contributed by atoms with Crippen LogP contribution in [0.5, 0.6) is 0 Å². The molecule has 372 valence electrons. The van der Waals surface area contributed by atoms with E-state index in [1.165, 1.54) is 38.5 Å². The lowest BCUT2D eigenvalue weighted by molar-refractivity contribution is -0.332. The normalized spacial score (nSPS) is 27.0. The second-order valence-corrected chi connectivity index (χ2v) is 16.6. The van der Waals surface area contributed by atoms with E-state index in [-0.39, 0.29) is 19.4 Å². The molecule has 0 saturated carbocycles. The number of ether oxygens (including phenoxy) is 6. The van der Waals surface area contributed by atoms with Crippen molar-refractivity contribution in [3.63, 3.8) is 0 Å². The zero-order valence-electron chi connectivity index (χ0n) is 38.9. The molecule has 15 heteroatoms. The minimum absolute atomic E-state index is 0.0377. The summed E-state index contributed by atoms with van der Waals surface area (Å²) in [5.41, 5.74) is 0. The second kappa shape index (κ2) is 37.0. The van der Waals surface area contributed by atoms with E-state index in [0.717, 1.165) is 51.4 Å². The minimum atomic E-state index is -1.78. The van der Waals surface area contributed by atoms with Crippen molar-refractivity contribution in [2.75, 3.05) is 26.4 Å². The summed E-state index contributed by atoms with van der Waals surface area (Å²) in [6.07, 6.45) is 25.3. The van der Waals surface area contributed by atoms with Crippen molar-refractivity contribution < 1.29 is 73.8 Å². The fraction of sp³-hybridized carbons (Fsp3) is 0.720. The Labute approximate surface area is 387 Å². The highest BCUT2D eigenvalue weighted by Gasteiger charge is 2.47. The van der Waals surface area contributed by atoms with Crippen LogP contribution in [0.2, 0.25) is 0 Å². The monoisotopic (exact) mass is 923 g/mol. The highest BCUT2D eigenvalue weighted by molar-refractivity contribution is 5.70. The maximum absolute atomic E-state index is 12.9. The van der Waals surface area contributed by atoms with E-state index in [9.17, 15) is 45.3 Å². The molecular weight excluding hydrogens is 841 g/mol. The molecule has 0 aromatic rings. The van der Waals surface area contributed by atoms with Gasteiger partial charge in [-0.2, -0.15) is 0 Å². The number of aliphatic hydroxyl groups is 7. The quantitative estimate of drug-likeness (QED) is 0.0224. The summed E-state index contributed by atoms with van der Waals surface area (Å²) in [5.74, 6) is -1.03. The van der Waals surface area contributed by atoms with Crippen molar-refractivity contribution in [1.82, 2.24) is 0 Å². The Morgan fingerprint density at radius 2 is 0.969 bits per heavy atom. The third-order valence-corrected chi connectivity index (χ3v) is 11.0. The van der Waals surface area contributed by atoms with Crippen LogP contribution in [0.4, 0.5) is 0 Å². The maximum Gasteiger partial charge on any atom is 0.306 e. The lowest BCUT2D eigenvalue weighted by atomic mass is 9.98. The first kappa shape index (κ1) is 58.1. The summed E-state index contributed by atoms with van der Waals surface area (Å²) < 4.78 is 33.4. The Morgan fingerprint density at radius 3 is 1.49 bits per heavy atom. The summed E-state index contributed by atoms with van der Waals surface area (Å²) in [7, 11) is 0. The molecular formula is C50H82O15. The largest absolute Gasteiger partial charge is 0.462 e. The Bertz CT molecular complexity index is 1410. The van der Waals surface area contributed by atoms with E-state index in [1.54, 1.807) is 0 Å². The second-order valence-electron chi connectivity index (χ2n) is 16.6. The zero-order chi connectivity index (χ0) is 47.5. The van der Waals surface area contributed by atoms with Crippen LogP contribution in [-0.2, 0) is 38.0 Å². The summed E-state index contributed by atoms with van der Waals surface area (Å²) in [5, 5.41) is 71.9. The molecule has 0 spiro atoms. The number of hydrogen-bond donors (Lipinski definition) is 7. The topological polar surface area (TPSA) is 231 Å². The van der Waals surface area contributed by atoms with Crippen LogP contribution in [0, 0.1) is 0 Å². The van der Waals surface area contributed by atoms with Crippen LogP contribution < -0.4 is 0 Å². The fourth-order valence-electron chi connectivity index (χ4n) is 7.01. The molecule has 0 bridgehead atoms. The number of esters is 2. The highest BCUT2D eigenvalue weighted by atomic mass is 16.7. The molecule has 15 nitrogen and oxygen atoms in total. The minimum Gasteiger partial charge on any atom is -0.462 e. The van der Waals surface area contributed by atoms with E-state index in [4.69, 9.17) is 28.4 Å². The molecule has 7 N–H and O–H groups in total. The summed E-state index contributed by atoms with van der Waals surface area (Å²) in [6, 6.07) is 0. The molecule has 2 aliphatic heterocycles. The van der Waals surface area contributed by atoms with Crippen LogP contribution in [0.25, 0.3) is 0 Å². The van der Waals surface area contributed by atoms with E-state index in [2.05, 4.69) is 68.5 Å². The molecule has 2 heterocycles. The Kier molecular flexibility index (Phi) is 33.0. The first-order chi connectivity index (χ1) is 31.5. The van der Waals surface area contributed by atoms with Gasteiger partial charge in [0.05, 0.1) is 19.8 Å². The van der Waals surface area contributed by atoms with Crippen molar-refractivity contribution in [1.29, 1.82) is 0 Å². The Morgan fingerprint density at radius 1 is 0.508 bits per heavy atom. The van der Waals surface area contributed by atoms with Crippen LogP contribution in [0.15, 0.2) is 72.9 Å². The van der Waals surface area contributed by atoms with E-state index >= 15 is 0 Å². The Hall–Kier alpha value is -3.06. The van der Waals surface area contributed by atoms with Crippen molar-refractivity contribution in [2.45, 2.75) is 203 Å². The van der Waals surface area contributed by atoms with Gasteiger partial charge in [-0.25, -0.2) is 0 Å². The van der Waals surface area contributed by atoms with Gasteiger partial charge in [-0.15, -0.1) is 0 Å². The average molecular weight is 923 g/mol. The number of unbranched alkanes of at least 4 members (excludes halogenated alkanes) is 9. The molecule has 11 atom stereocenters. The molecule has 2 saturated heterocycles. The van der Waals surface area contributed by atoms with Crippen molar-refractivity contribution in [3.05, 3.63) is 72.9 Å². The number of hydrogen-bond acceptors (Lipinski definition) is 15. The van der Waals surface area contributed by atoms with Gasteiger partial charge in [-0.1, -0.05) is 145 Å². The van der Waals surface area contributed by atoms with Gasteiger partial charge in [-0.05, 0) is 51.4 Å². The number of aliphatic hydroxyl groups excluding tert-OH is 7. The molecule has 4 unspecified atom stereocenters. The van der Waals surface area contributed by atoms with Gasteiger partial charge in [0.1, 0.15) is 55.4 Å². The first-order valence-electron chi connectivity index (χ1n) is 24.0. The molecule has 0 radical (unpaired) electrons. The van der Waals surface area contributed by atoms with Gasteiger partial charge in [0.25, 0.3) is 0 Å². The maximum atomic E-state index is 12.9. The van der Waals surface area contributed by atoms with Gasteiger partial charge >= 0.3 is 11.9 Å². The van der Waals surface area contributed by atoms with E-state index in [1.807, 2.05) is 18.2 Å². The lowest BCUT2D eigenvalue weighted by Gasteiger charge is -2.42. The molecule has 2 rings (SSSR count). The van der Waals surface area contributed by atoms with Gasteiger partial charge < -0.3 is 64.2 Å². The summed E-state index contributed by atoms with van der Waals surface area (Å²) in [6.45, 7) is 2.35. The summed E-state index contributed by atoms with van der Waals surface area (Å²) >= 11 is 0. The third-order valence-electron chi connectivity index (χ3n) is 11.0. The smallest absolute Gasteiger partial charge is 0.306 e. The SMILES string of the molecule is CC/C=C/C/C=C/C/C=C/C/C=C/C/C=C/C/C=C/CCC(=O)O[C@H](COC(=O)CCCCCCCCCCCC)CO[C@H]1O[C@@H](CO[C@H]2O[C@@H](CO)[C@@H](O)C(O)C2O)[C@@H](O)C(O)C1O. The molecule has 2 aliphatic rings. The predicted molar refractivity (Wildman–Crippen MR) is 247 cm³/mol. The third kappa shape index (κ3) is 25.6. The van der Waals surface area contributed by atoms with Crippen LogP contribution in [-0.4, -0.2) is 142 Å². The molecule has 2 fully saturated rings. The number of carbonyl (C=O) groups is 2. The van der Waals surface area contributed by atoms with Crippen molar-refractivity contribution in [2.24, 2.45) is 0 Å². The molecule has 65 heavy (non-hydrogen) atoms. The van der Waals surface area contributed by atoms with E-state index in [0.29, 0.717) is 19.3 Å². The average Bonchev–Trinajstić information content (AvgIpc) is 3.30. The van der Waals surface area contributed by atoms with Gasteiger partial charge in [0.2, 0.25) is 0 Å². The molecule has 0 amide bonds. The zero-order valence-corrected chi connectivity index (χ0v) is 38.9.